The fraction of sp³-hybridized carbons (Fsp3) is 0.917. The first-order valence-electron chi connectivity index (χ1n) is 6.48. The van der Waals surface area contributed by atoms with Crippen molar-refractivity contribution in [1.82, 2.24) is 10.2 Å². The Bertz CT molecular complexity index is 326. The van der Waals surface area contributed by atoms with Gasteiger partial charge in [0.25, 0.3) is 0 Å². The summed E-state index contributed by atoms with van der Waals surface area (Å²) in [5, 5.41) is 3.52. The number of nitrogens with one attached hydrogen (secondary N) is 1. The second kappa shape index (κ2) is 5.06. The van der Waals surface area contributed by atoms with Gasteiger partial charge < -0.3 is 4.90 Å². The van der Waals surface area contributed by atoms with Gasteiger partial charge >= 0.3 is 0 Å². The summed E-state index contributed by atoms with van der Waals surface area (Å²) in [5.41, 5.74) is -0.282. The summed E-state index contributed by atoms with van der Waals surface area (Å²) >= 11 is 0. The van der Waals surface area contributed by atoms with Crippen molar-refractivity contribution in [2.75, 3.05) is 18.6 Å². The van der Waals surface area contributed by atoms with Crippen molar-refractivity contribution < 1.29 is 9.00 Å². The van der Waals surface area contributed by atoms with E-state index in [2.05, 4.69) is 12.2 Å². The number of carbonyl (C=O) groups excluding carboxylic acids is 1. The number of carbonyl (C=O) groups is 1. The second-order valence-corrected chi connectivity index (χ2v) is 6.69. The maximum atomic E-state index is 12.5. The molecule has 1 heterocycles. The molecule has 2 unspecified atom stereocenters. The fourth-order valence-corrected chi connectivity index (χ4v) is 3.47. The Kier molecular flexibility index (Phi) is 3.88. The lowest BCUT2D eigenvalue weighted by molar-refractivity contribution is -0.132. The molecular weight excluding hydrogens is 236 g/mol. The van der Waals surface area contributed by atoms with Gasteiger partial charge in [0.1, 0.15) is 0 Å². The highest BCUT2D eigenvalue weighted by atomic mass is 32.2. The predicted molar refractivity (Wildman–Crippen MR) is 69.1 cm³/mol. The average molecular weight is 258 g/mol. The maximum Gasteiger partial charge on any atom is 0.244 e. The molecule has 17 heavy (non-hydrogen) atoms. The van der Waals surface area contributed by atoms with Gasteiger partial charge in [0.15, 0.2) is 0 Å². The monoisotopic (exact) mass is 258 g/mol. The van der Waals surface area contributed by atoms with Gasteiger partial charge in [-0.05, 0) is 19.3 Å². The fourth-order valence-electron chi connectivity index (χ4n) is 3.02. The third-order valence-electron chi connectivity index (χ3n) is 3.95. The zero-order valence-corrected chi connectivity index (χ0v) is 11.5. The van der Waals surface area contributed by atoms with Crippen LogP contribution in [0.15, 0.2) is 0 Å². The summed E-state index contributed by atoms with van der Waals surface area (Å²) in [7, 11) is -0.828. The molecule has 5 heteroatoms. The first-order chi connectivity index (χ1) is 8.09. The zero-order chi connectivity index (χ0) is 12.5. The lowest BCUT2D eigenvalue weighted by Crippen LogP contribution is -2.44. The van der Waals surface area contributed by atoms with Crippen LogP contribution in [0.5, 0.6) is 0 Å². The van der Waals surface area contributed by atoms with Crippen LogP contribution in [-0.4, -0.2) is 45.3 Å². The van der Waals surface area contributed by atoms with Crippen LogP contribution in [0.25, 0.3) is 0 Å². The Morgan fingerprint density at radius 1 is 1.47 bits per heavy atom. The molecule has 2 aliphatic rings. The largest absolute Gasteiger partial charge is 0.325 e. The molecule has 1 saturated carbocycles. The minimum atomic E-state index is -0.828. The third kappa shape index (κ3) is 2.40. The summed E-state index contributed by atoms with van der Waals surface area (Å²) in [6.45, 7) is 2.71. The summed E-state index contributed by atoms with van der Waals surface area (Å²) < 4.78 is 11.2. The lowest BCUT2D eigenvalue weighted by Gasteiger charge is -2.22. The molecule has 0 aromatic carbocycles. The highest BCUT2D eigenvalue weighted by Gasteiger charge is 2.51. The minimum Gasteiger partial charge on any atom is -0.325 e. The predicted octanol–water partition coefficient (Wildman–Crippen LogP) is 0.846. The van der Waals surface area contributed by atoms with Crippen LogP contribution >= 0.6 is 0 Å². The van der Waals surface area contributed by atoms with E-state index in [0.717, 1.165) is 32.1 Å². The van der Waals surface area contributed by atoms with E-state index < -0.39 is 10.8 Å². The van der Waals surface area contributed by atoms with Crippen LogP contribution in [0.4, 0.5) is 0 Å². The normalized spacial score (nSPS) is 29.2. The van der Waals surface area contributed by atoms with Crippen LogP contribution in [-0.2, 0) is 15.6 Å². The topological polar surface area (TPSA) is 49.4 Å². The molecule has 1 aliphatic carbocycles. The van der Waals surface area contributed by atoms with Gasteiger partial charge in [-0.2, -0.15) is 0 Å². The first kappa shape index (κ1) is 13.0. The summed E-state index contributed by atoms with van der Waals surface area (Å²) in [5.74, 6) is 0.826. The Hall–Kier alpha value is -0.420. The summed E-state index contributed by atoms with van der Waals surface area (Å²) in [6.07, 6.45) is 6.97. The van der Waals surface area contributed by atoms with Crippen LogP contribution in [0.3, 0.4) is 0 Å². The Labute approximate surface area is 106 Å². The van der Waals surface area contributed by atoms with Gasteiger partial charge in [0, 0.05) is 29.4 Å². The third-order valence-corrected chi connectivity index (χ3v) is 4.71. The van der Waals surface area contributed by atoms with Crippen molar-refractivity contribution in [1.29, 1.82) is 0 Å². The number of hydrogen-bond donors (Lipinski definition) is 1. The van der Waals surface area contributed by atoms with E-state index in [0.29, 0.717) is 12.3 Å². The second-order valence-electron chi connectivity index (χ2n) is 5.13. The standard InChI is InChI=1S/C12H22N2O2S/c1-3-10-13-12(6-4-5-7-12)11(15)14(10)8-9-17(2)16/h10,13H,3-9H2,1-2H3. The molecule has 1 spiro atoms. The van der Waals surface area contributed by atoms with E-state index >= 15 is 0 Å². The van der Waals surface area contributed by atoms with Gasteiger partial charge in [-0.15, -0.1) is 0 Å². The molecule has 4 nitrogen and oxygen atoms in total. The van der Waals surface area contributed by atoms with Gasteiger partial charge in [-0.3, -0.25) is 14.3 Å². The number of rotatable bonds is 4. The molecule has 2 rings (SSSR count). The first-order valence-corrected chi connectivity index (χ1v) is 8.20. The molecule has 0 aromatic heterocycles. The molecule has 2 fully saturated rings. The van der Waals surface area contributed by atoms with E-state index in [1.807, 2.05) is 4.90 Å². The van der Waals surface area contributed by atoms with Crippen molar-refractivity contribution in [2.24, 2.45) is 0 Å². The summed E-state index contributed by atoms with van der Waals surface area (Å²) in [4.78, 5) is 14.4. The van der Waals surface area contributed by atoms with E-state index in [4.69, 9.17) is 0 Å². The summed E-state index contributed by atoms with van der Waals surface area (Å²) in [6, 6.07) is 0. The highest BCUT2D eigenvalue weighted by Crippen LogP contribution is 2.36. The molecule has 1 N–H and O–H groups in total. The molecule has 1 saturated heterocycles. The number of hydrogen-bond acceptors (Lipinski definition) is 3. The smallest absolute Gasteiger partial charge is 0.244 e. The van der Waals surface area contributed by atoms with Crippen molar-refractivity contribution in [3.05, 3.63) is 0 Å². The average Bonchev–Trinajstić information content (AvgIpc) is 2.85. The Morgan fingerprint density at radius 3 is 2.65 bits per heavy atom. The number of amides is 1. The van der Waals surface area contributed by atoms with Gasteiger partial charge in [0.2, 0.25) is 5.91 Å². The molecule has 98 valence electrons. The molecule has 0 radical (unpaired) electrons. The van der Waals surface area contributed by atoms with E-state index in [-0.39, 0.29) is 17.6 Å². The van der Waals surface area contributed by atoms with Crippen LogP contribution in [0, 0.1) is 0 Å². The van der Waals surface area contributed by atoms with Crippen molar-refractivity contribution in [2.45, 2.75) is 50.7 Å². The Balaban J connectivity index is 2.08. The molecule has 0 aromatic rings. The maximum absolute atomic E-state index is 12.5. The molecule has 2 atom stereocenters. The van der Waals surface area contributed by atoms with Gasteiger partial charge in [-0.1, -0.05) is 19.8 Å². The lowest BCUT2D eigenvalue weighted by atomic mass is 9.98. The van der Waals surface area contributed by atoms with Crippen LogP contribution in [0.1, 0.15) is 39.0 Å². The Morgan fingerprint density at radius 2 is 2.12 bits per heavy atom. The SMILES string of the molecule is CCC1NC2(CCCC2)C(=O)N1CCS(C)=O. The van der Waals surface area contributed by atoms with E-state index in [9.17, 15) is 9.00 Å². The van der Waals surface area contributed by atoms with E-state index in [1.54, 1.807) is 6.26 Å². The molecule has 1 aliphatic heterocycles. The molecule has 0 bridgehead atoms. The minimum absolute atomic E-state index is 0.143. The van der Waals surface area contributed by atoms with Crippen LogP contribution in [0.2, 0.25) is 0 Å². The van der Waals surface area contributed by atoms with Gasteiger partial charge in [0.05, 0.1) is 11.7 Å². The van der Waals surface area contributed by atoms with Gasteiger partial charge in [-0.25, -0.2) is 0 Å². The molecule has 1 amide bonds. The number of nitrogens with zero attached hydrogens (tertiary/aromatic N) is 1. The van der Waals surface area contributed by atoms with Crippen LogP contribution < -0.4 is 5.32 Å². The van der Waals surface area contributed by atoms with Crippen molar-refractivity contribution in [3.63, 3.8) is 0 Å². The van der Waals surface area contributed by atoms with E-state index in [1.165, 1.54) is 0 Å². The quantitative estimate of drug-likeness (QED) is 0.813. The zero-order valence-electron chi connectivity index (χ0n) is 10.7. The van der Waals surface area contributed by atoms with Crippen molar-refractivity contribution >= 4 is 16.7 Å². The van der Waals surface area contributed by atoms with Crippen molar-refractivity contribution in [3.8, 4) is 0 Å². The highest BCUT2D eigenvalue weighted by molar-refractivity contribution is 7.84. The molecular formula is C12H22N2O2S.